The van der Waals surface area contributed by atoms with Crippen molar-refractivity contribution < 1.29 is 23.8 Å². The molecule has 0 radical (unpaired) electrons. The van der Waals surface area contributed by atoms with Crippen molar-refractivity contribution in [1.29, 1.82) is 0 Å². The van der Waals surface area contributed by atoms with E-state index in [1.165, 1.54) is 0 Å². The molecule has 0 saturated carbocycles. The number of nitrogens with zero attached hydrogens (tertiary/aromatic N) is 1. The Hall–Kier alpha value is -1.34. The van der Waals surface area contributed by atoms with Crippen molar-refractivity contribution in [3.05, 3.63) is 0 Å². The highest BCUT2D eigenvalue weighted by molar-refractivity contribution is 5.85. The van der Waals surface area contributed by atoms with Gasteiger partial charge in [-0.25, -0.2) is 4.79 Å². The zero-order chi connectivity index (χ0) is 17.0. The summed E-state index contributed by atoms with van der Waals surface area (Å²) in [6, 6.07) is -0.597. The fourth-order valence-corrected chi connectivity index (χ4v) is 2.86. The number of carbonyl (C=O) groups excluding carboxylic acids is 2. The van der Waals surface area contributed by atoms with Crippen molar-refractivity contribution >= 4 is 12.0 Å². The average Bonchev–Trinajstić information content (AvgIpc) is 2.98. The predicted molar refractivity (Wildman–Crippen MR) is 83.8 cm³/mol. The summed E-state index contributed by atoms with van der Waals surface area (Å²) < 4.78 is 16.2. The maximum absolute atomic E-state index is 12.4. The van der Waals surface area contributed by atoms with E-state index in [9.17, 15) is 9.59 Å². The van der Waals surface area contributed by atoms with Gasteiger partial charge in [0.15, 0.2) is 6.29 Å². The molecule has 2 amide bonds. The third kappa shape index (κ3) is 5.35. The second kappa shape index (κ2) is 7.49. The fourth-order valence-electron chi connectivity index (χ4n) is 2.86. The number of likely N-dealkylation sites (tertiary alicyclic amines) is 1. The molecule has 0 aliphatic carbocycles. The molecule has 2 heterocycles. The highest BCUT2D eigenvalue weighted by Crippen LogP contribution is 2.26. The Kier molecular flexibility index (Phi) is 5.86. The number of nitrogens with one attached hydrogen (secondary N) is 1. The highest BCUT2D eigenvalue weighted by Gasteiger charge is 2.33. The van der Waals surface area contributed by atoms with Crippen LogP contribution in [0.25, 0.3) is 0 Å². The van der Waals surface area contributed by atoms with Crippen molar-refractivity contribution in [2.75, 3.05) is 26.3 Å². The monoisotopic (exact) mass is 328 g/mol. The Balaban J connectivity index is 1.76. The second-order valence-electron chi connectivity index (χ2n) is 7.14. The van der Waals surface area contributed by atoms with E-state index in [0.717, 1.165) is 12.8 Å². The smallest absolute Gasteiger partial charge is 0.408 e. The summed E-state index contributed by atoms with van der Waals surface area (Å²) in [5.41, 5.74) is -0.577. The molecule has 7 heteroatoms. The van der Waals surface area contributed by atoms with Crippen LogP contribution in [-0.2, 0) is 19.0 Å². The second-order valence-corrected chi connectivity index (χ2v) is 7.14. The molecule has 2 rings (SSSR count). The summed E-state index contributed by atoms with van der Waals surface area (Å²) in [5, 5.41) is 2.60. The SMILES string of the molecule is C[C@@H](NC(=O)OC(C)(C)C)C(=O)N1CCC(C2OCCO2)CC1. The van der Waals surface area contributed by atoms with E-state index in [2.05, 4.69) is 5.32 Å². The summed E-state index contributed by atoms with van der Waals surface area (Å²) in [7, 11) is 0. The maximum atomic E-state index is 12.4. The molecule has 0 bridgehead atoms. The van der Waals surface area contributed by atoms with E-state index in [0.29, 0.717) is 32.2 Å². The molecule has 1 N–H and O–H groups in total. The van der Waals surface area contributed by atoms with Crippen LogP contribution in [0.3, 0.4) is 0 Å². The molecule has 2 fully saturated rings. The highest BCUT2D eigenvalue weighted by atomic mass is 16.7. The Labute approximate surface area is 137 Å². The lowest BCUT2D eigenvalue weighted by Gasteiger charge is -2.35. The van der Waals surface area contributed by atoms with Gasteiger partial charge in [0.25, 0.3) is 0 Å². The average molecular weight is 328 g/mol. The Morgan fingerprint density at radius 3 is 2.26 bits per heavy atom. The van der Waals surface area contributed by atoms with E-state index >= 15 is 0 Å². The lowest BCUT2D eigenvalue weighted by atomic mass is 9.96. The largest absolute Gasteiger partial charge is 0.444 e. The first kappa shape index (κ1) is 18.0. The molecule has 0 aromatic carbocycles. The molecule has 2 saturated heterocycles. The van der Waals surface area contributed by atoms with Crippen molar-refractivity contribution in [1.82, 2.24) is 10.2 Å². The molecule has 7 nitrogen and oxygen atoms in total. The number of alkyl carbamates (subject to hydrolysis) is 1. The summed E-state index contributed by atoms with van der Waals surface area (Å²) in [6.07, 6.45) is 1.02. The van der Waals surface area contributed by atoms with Gasteiger partial charge in [-0.1, -0.05) is 0 Å². The van der Waals surface area contributed by atoms with Crippen molar-refractivity contribution in [3.63, 3.8) is 0 Å². The van der Waals surface area contributed by atoms with E-state index in [-0.39, 0.29) is 12.2 Å². The Morgan fingerprint density at radius 1 is 1.17 bits per heavy atom. The Bertz CT molecular complexity index is 421. The number of carbonyl (C=O) groups is 2. The molecule has 0 aromatic heterocycles. The number of piperidine rings is 1. The molecule has 2 aliphatic rings. The molecule has 0 spiro atoms. The molecule has 0 unspecified atom stereocenters. The minimum Gasteiger partial charge on any atom is -0.444 e. The number of rotatable bonds is 3. The van der Waals surface area contributed by atoms with Gasteiger partial charge in [-0.3, -0.25) is 4.79 Å². The molecular formula is C16H28N2O5. The van der Waals surface area contributed by atoms with Crippen LogP contribution in [0.2, 0.25) is 0 Å². The lowest BCUT2D eigenvalue weighted by Crippen LogP contribution is -2.51. The van der Waals surface area contributed by atoms with Crippen LogP contribution in [-0.4, -0.2) is 61.1 Å². The fraction of sp³-hybridized carbons (Fsp3) is 0.875. The summed E-state index contributed by atoms with van der Waals surface area (Å²) in [4.78, 5) is 26.0. The van der Waals surface area contributed by atoms with Gasteiger partial charge in [0.1, 0.15) is 11.6 Å². The number of amides is 2. The molecule has 132 valence electrons. The number of hydrogen-bond donors (Lipinski definition) is 1. The van der Waals surface area contributed by atoms with E-state index in [1.54, 1.807) is 32.6 Å². The van der Waals surface area contributed by atoms with Crippen LogP contribution in [0.4, 0.5) is 4.79 Å². The minimum absolute atomic E-state index is 0.0810. The van der Waals surface area contributed by atoms with Gasteiger partial charge in [-0.05, 0) is 40.5 Å². The first-order valence-electron chi connectivity index (χ1n) is 8.28. The number of ether oxygens (including phenoxy) is 3. The van der Waals surface area contributed by atoms with Crippen LogP contribution in [0, 0.1) is 5.92 Å². The maximum Gasteiger partial charge on any atom is 0.408 e. The van der Waals surface area contributed by atoms with Gasteiger partial charge in [0.05, 0.1) is 13.2 Å². The predicted octanol–water partition coefficient (Wildman–Crippen LogP) is 1.51. The van der Waals surface area contributed by atoms with Gasteiger partial charge in [0.2, 0.25) is 5.91 Å². The van der Waals surface area contributed by atoms with Gasteiger partial charge >= 0.3 is 6.09 Å². The summed E-state index contributed by atoms with van der Waals surface area (Å²) >= 11 is 0. The molecule has 0 aromatic rings. The van der Waals surface area contributed by atoms with E-state index < -0.39 is 17.7 Å². The summed E-state index contributed by atoms with van der Waals surface area (Å²) in [5.74, 6) is 0.262. The van der Waals surface area contributed by atoms with Crippen LogP contribution in [0.15, 0.2) is 0 Å². The number of hydrogen-bond acceptors (Lipinski definition) is 5. The van der Waals surface area contributed by atoms with Crippen LogP contribution in [0.5, 0.6) is 0 Å². The van der Waals surface area contributed by atoms with Crippen LogP contribution in [0.1, 0.15) is 40.5 Å². The standard InChI is InChI=1S/C16H28N2O5/c1-11(17-15(20)23-16(2,3)4)13(19)18-7-5-12(6-8-18)14-21-9-10-22-14/h11-12,14H,5-10H2,1-4H3,(H,17,20)/t11-/m1/s1. The van der Waals surface area contributed by atoms with Gasteiger partial charge in [0, 0.05) is 19.0 Å². The molecule has 23 heavy (non-hydrogen) atoms. The van der Waals surface area contributed by atoms with Crippen LogP contribution >= 0.6 is 0 Å². The Morgan fingerprint density at radius 2 is 1.74 bits per heavy atom. The minimum atomic E-state index is -0.597. The molecule has 2 aliphatic heterocycles. The normalized spacial score (nSPS) is 22.0. The van der Waals surface area contributed by atoms with E-state index in [4.69, 9.17) is 14.2 Å². The van der Waals surface area contributed by atoms with Crippen molar-refractivity contribution in [2.24, 2.45) is 5.92 Å². The third-order valence-electron chi connectivity index (χ3n) is 3.99. The van der Waals surface area contributed by atoms with Gasteiger partial charge < -0.3 is 24.4 Å². The van der Waals surface area contributed by atoms with Crippen molar-refractivity contribution in [3.8, 4) is 0 Å². The summed E-state index contributed by atoms with van der Waals surface area (Å²) in [6.45, 7) is 9.67. The molecular weight excluding hydrogens is 300 g/mol. The van der Waals surface area contributed by atoms with Crippen LogP contribution < -0.4 is 5.32 Å². The topological polar surface area (TPSA) is 77.1 Å². The van der Waals surface area contributed by atoms with Gasteiger partial charge in [-0.2, -0.15) is 0 Å². The lowest BCUT2D eigenvalue weighted by molar-refractivity contribution is -0.138. The first-order valence-corrected chi connectivity index (χ1v) is 8.28. The quantitative estimate of drug-likeness (QED) is 0.850. The third-order valence-corrected chi connectivity index (χ3v) is 3.99. The molecule has 1 atom stereocenters. The first-order chi connectivity index (χ1) is 10.8. The van der Waals surface area contributed by atoms with E-state index in [1.807, 2.05) is 0 Å². The zero-order valence-corrected chi connectivity index (χ0v) is 14.5. The van der Waals surface area contributed by atoms with Gasteiger partial charge in [-0.15, -0.1) is 0 Å². The zero-order valence-electron chi connectivity index (χ0n) is 14.5. The van der Waals surface area contributed by atoms with Crippen molar-refractivity contribution in [2.45, 2.75) is 58.5 Å².